The van der Waals surface area contributed by atoms with Crippen LogP contribution in [-0.2, 0) is 25.1 Å². The smallest absolute Gasteiger partial charge is 0.339 e. The SMILES string of the molecule is CCOC(=O)C1(OS(=O)[O-])CCC(C)CC1. The highest BCUT2D eigenvalue weighted by Gasteiger charge is 2.44. The maximum absolute atomic E-state index is 11.7. The van der Waals surface area contributed by atoms with Crippen LogP contribution in [0.5, 0.6) is 0 Å². The molecule has 1 aliphatic carbocycles. The maximum Gasteiger partial charge on any atom is 0.339 e. The predicted octanol–water partition coefficient (Wildman–Crippen LogP) is 1.31. The van der Waals surface area contributed by atoms with Gasteiger partial charge in [-0.3, -0.25) is 4.18 Å². The number of ether oxygens (including phenoxy) is 1. The highest BCUT2D eigenvalue weighted by Crippen LogP contribution is 2.36. The molecule has 1 rings (SSSR count). The van der Waals surface area contributed by atoms with Crippen LogP contribution in [0.2, 0.25) is 0 Å². The van der Waals surface area contributed by atoms with Crippen LogP contribution in [0.15, 0.2) is 0 Å². The molecule has 0 aromatic carbocycles. The Kier molecular flexibility index (Phi) is 4.89. The average molecular weight is 249 g/mol. The summed E-state index contributed by atoms with van der Waals surface area (Å²) in [6, 6.07) is 0. The van der Waals surface area contributed by atoms with Crippen LogP contribution in [0.25, 0.3) is 0 Å². The van der Waals surface area contributed by atoms with Crippen molar-refractivity contribution >= 4 is 17.3 Å². The predicted molar refractivity (Wildman–Crippen MR) is 57.0 cm³/mol. The molecule has 6 heteroatoms. The van der Waals surface area contributed by atoms with Crippen LogP contribution in [0.4, 0.5) is 0 Å². The molecule has 0 aromatic heterocycles. The second kappa shape index (κ2) is 5.75. The van der Waals surface area contributed by atoms with Gasteiger partial charge in [-0.1, -0.05) is 6.92 Å². The summed E-state index contributed by atoms with van der Waals surface area (Å²) in [4.78, 5) is 11.7. The van der Waals surface area contributed by atoms with E-state index in [1.54, 1.807) is 6.92 Å². The van der Waals surface area contributed by atoms with Gasteiger partial charge in [0.15, 0.2) is 5.60 Å². The Morgan fingerprint density at radius 1 is 1.50 bits per heavy atom. The Morgan fingerprint density at radius 3 is 2.50 bits per heavy atom. The van der Waals surface area contributed by atoms with E-state index in [2.05, 4.69) is 6.92 Å². The fourth-order valence-corrected chi connectivity index (χ4v) is 2.44. The molecule has 0 spiro atoms. The van der Waals surface area contributed by atoms with E-state index in [0.717, 1.165) is 12.8 Å². The average Bonchev–Trinajstić information content (AvgIpc) is 2.21. The van der Waals surface area contributed by atoms with Crippen LogP contribution < -0.4 is 0 Å². The lowest BCUT2D eigenvalue weighted by atomic mass is 9.80. The topological polar surface area (TPSA) is 75.7 Å². The molecule has 0 N–H and O–H groups in total. The van der Waals surface area contributed by atoms with Gasteiger partial charge in [0, 0.05) is 0 Å². The van der Waals surface area contributed by atoms with E-state index in [1.807, 2.05) is 0 Å². The van der Waals surface area contributed by atoms with Crippen LogP contribution in [0.3, 0.4) is 0 Å². The first-order valence-electron chi connectivity index (χ1n) is 5.46. The second-order valence-corrected chi connectivity index (χ2v) is 4.76. The van der Waals surface area contributed by atoms with Gasteiger partial charge in [0.25, 0.3) is 0 Å². The van der Waals surface area contributed by atoms with Crippen LogP contribution in [-0.4, -0.2) is 26.9 Å². The summed E-state index contributed by atoms with van der Waals surface area (Å²) < 4.78 is 30.9. The molecule has 94 valence electrons. The second-order valence-electron chi connectivity index (χ2n) is 4.18. The standard InChI is InChI=1S/C10H18O5S/c1-3-14-9(11)10(15-16(12)13)6-4-8(2)5-7-10/h8H,3-7H2,1-2H3,(H,12,13)/p-1. The summed E-state index contributed by atoms with van der Waals surface area (Å²) in [5.74, 6) is -0.0719. The number of hydrogen-bond donors (Lipinski definition) is 0. The minimum absolute atomic E-state index is 0.227. The van der Waals surface area contributed by atoms with Gasteiger partial charge in [0.1, 0.15) is 0 Å². The van der Waals surface area contributed by atoms with Gasteiger partial charge < -0.3 is 9.29 Å². The van der Waals surface area contributed by atoms with E-state index in [1.165, 1.54) is 0 Å². The Bertz CT molecular complexity index is 270. The molecular formula is C10H17O5S-. The van der Waals surface area contributed by atoms with Crippen LogP contribution in [0.1, 0.15) is 39.5 Å². The van der Waals surface area contributed by atoms with Crippen molar-refractivity contribution in [2.45, 2.75) is 45.1 Å². The summed E-state index contributed by atoms with van der Waals surface area (Å²) in [7, 11) is 0. The zero-order valence-corrected chi connectivity index (χ0v) is 10.4. The molecular weight excluding hydrogens is 232 g/mol. The molecule has 1 saturated carbocycles. The van der Waals surface area contributed by atoms with Crippen LogP contribution >= 0.6 is 0 Å². The summed E-state index contributed by atoms with van der Waals surface area (Å²) in [5.41, 5.74) is -1.28. The van der Waals surface area contributed by atoms with Gasteiger partial charge in [-0.2, -0.15) is 0 Å². The minimum atomic E-state index is -2.69. The number of hydrogen-bond acceptors (Lipinski definition) is 5. The van der Waals surface area contributed by atoms with Crippen molar-refractivity contribution in [3.8, 4) is 0 Å². The van der Waals surface area contributed by atoms with Gasteiger partial charge in [-0.15, -0.1) is 0 Å². The molecule has 5 nitrogen and oxygen atoms in total. The lowest BCUT2D eigenvalue weighted by Crippen LogP contribution is -2.46. The molecule has 0 bridgehead atoms. The van der Waals surface area contributed by atoms with Crippen molar-refractivity contribution in [2.75, 3.05) is 6.61 Å². The summed E-state index contributed by atoms with van der Waals surface area (Å²) in [6.45, 7) is 3.99. The van der Waals surface area contributed by atoms with Crippen molar-refractivity contribution in [1.82, 2.24) is 0 Å². The third-order valence-electron chi connectivity index (χ3n) is 2.96. The number of rotatable bonds is 4. The third-order valence-corrected chi connectivity index (χ3v) is 3.41. The zero-order chi connectivity index (χ0) is 12.2. The normalized spacial score (nSPS) is 32.1. The lowest BCUT2D eigenvalue weighted by Gasteiger charge is -2.36. The zero-order valence-electron chi connectivity index (χ0n) is 9.56. The molecule has 0 saturated heterocycles. The number of carbonyl (C=O) groups excluding carboxylic acids is 1. The molecule has 0 aromatic rings. The quantitative estimate of drug-likeness (QED) is 0.554. The van der Waals surface area contributed by atoms with E-state index < -0.39 is 22.9 Å². The Morgan fingerprint density at radius 2 is 2.06 bits per heavy atom. The van der Waals surface area contributed by atoms with Gasteiger partial charge in [0.2, 0.25) is 0 Å². The van der Waals surface area contributed by atoms with E-state index >= 15 is 0 Å². The van der Waals surface area contributed by atoms with Crippen molar-refractivity contribution < 1.29 is 22.5 Å². The monoisotopic (exact) mass is 249 g/mol. The fraction of sp³-hybridized carbons (Fsp3) is 0.900. The summed E-state index contributed by atoms with van der Waals surface area (Å²) in [5, 5.41) is 0. The van der Waals surface area contributed by atoms with E-state index in [-0.39, 0.29) is 6.61 Å². The summed E-state index contributed by atoms with van der Waals surface area (Å²) in [6.07, 6.45) is 2.36. The minimum Gasteiger partial charge on any atom is -0.750 e. The first kappa shape index (κ1) is 13.6. The van der Waals surface area contributed by atoms with Crippen molar-refractivity contribution in [1.29, 1.82) is 0 Å². The van der Waals surface area contributed by atoms with Crippen LogP contribution in [0, 0.1) is 5.92 Å². The maximum atomic E-state index is 11.7. The molecule has 0 aliphatic heterocycles. The molecule has 1 atom stereocenters. The first-order chi connectivity index (χ1) is 7.50. The van der Waals surface area contributed by atoms with Gasteiger partial charge in [-0.25, -0.2) is 9.00 Å². The molecule has 1 fully saturated rings. The van der Waals surface area contributed by atoms with E-state index in [4.69, 9.17) is 8.92 Å². The van der Waals surface area contributed by atoms with E-state index in [9.17, 15) is 13.6 Å². The molecule has 0 radical (unpaired) electrons. The Labute approximate surface area is 98.0 Å². The molecule has 1 aliphatic rings. The molecule has 1 unspecified atom stereocenters. The van der Waals surface area contributed by atoms with Crippen molar-refractivity contribution in [3.63, 3.8) is 0 Å². The number of esters is 1. The van der Waals surface area contributed by atoms with E-state index in [0.29, 0.717) is 18.8 Å². The third kappa shape index (κ3) is 3.26. The highest BCUT2D eigenvalue weighted by molar-refractivity contribution is 7.74. The number of carbonyl (C=O) groups is 1. The Hall–Kier alpha value is -0.460. The van der Waals surface area contributed by atoms with Crippen molar-refractivity contribution in [3.05, 3.63) is 0 Å². The lowest BCUT2D eigenvalue weighted by molar-refractivity contribution is -0.165. The van der Waals surface area contributed by atoms with Gasteiger partial charge >= 0.3 is 5.97 Å². The van der Waals surface area contributed by atoms with Gasteiger partial charge in [-0.05, 0) is 38.5 Å². The van der Waals surface area contributed by atoms with Crippen molar-refractivity contribution in [2.24, 2.45) is 5.92 Å². The highest BCUT2D eigenvalue weighted by atomic mass is 32.2. The largest absolute Gasteiger partial charge is 0.750 e. The molecule has 16 heavy (non-hydrogen) atoms. The van der Waals surface area contributed by atoms with Gasteiger partial charge in [0.05, 0.1) is 18.0 Å². The fourth-order valence-electron chi connectivity index (χ4n) is 1.94. The molecule has 0 amide bonds. The Balaban J connectivity index is 2.76. The summed E-state index contributed by atoms with van der Waals surface area (Å²) >= 11 is -2.69. The first-order valence-corrected chi connectivity index (χ1v) is 6.46. The molecule has 0 heterocycles.